The molecule has 1 aliphatic carbocycles. The predicted octanol–water partition coefficient (Wildman–Crippen LogP) is 3.84. The molecule has 2 aromatic rings. The van der Waals surface area contributed by atoms with Gasteiger partial charge >= 0.3 is 0 Å². The average Bonchev–Trinajstić information content (AvgIpc) is 2.68. The lowest BCUT2D eigenvalue weighted by atomic mass is 9.95. The van der Waals surface area contributed by atoms with Crippen molar-refractivity contribution in [3.05, 3.63) is 64.7 Å². The zero-order chi connectivity index (χ0) is 20.1. The second kappa shape index (κ2) is 8.88. The average molecular weight is 401 g/mol. The molecule has 2 aromatic carbocycles. The van der Waals surface area contributed by atoms with Crippen molar-refractivity contribution in [2.75, 3.05) is 0 Å². The fourth-order valence-corrected chi connectivity index (χ4v) is 4.53. The van der Waals surface area contributed by atoms with E-state index in [-0.39, 0.29) is 23.4 Å². The summed E-state index contributed by atoms with van der Waals surface area (Å²) in [4.78, 5) is 12.8. The molecular formula is C22H28N2O3S. The van der Waals surface area contributed by atoms with E-state index in [0.29, 0.717) is 5.56 Å². The molecule has 0 aliphatic heterocycles. The van der Waals surface area contributed by atoms with E-state index >= 15 is 0 Å². The third-order valence-corrected chi connectivity index (χ3v) is 6.69. The first kappa shape index (κ1) is 20.6. The molecule has 1 amide bonds. The van der Waals surface area contributed by atoms with Crippen LogP contribution in [0.25, 0.3) is 0 Å². The van der Waals surface area contributed by atoms with Crippen molar-refractivity contribution in [2.45, 2.75) is 63.4 Å². The second-order valence-electron chi connectivity index (χ2n) is 7.60. The number of amides is 1. The third-order valence-electron chi connectivity index (χ3n) is 5.29. The molecule has 28 heavy (non-hydrogen) atoms. The molecule has 0 heterocycles. The number of sulfonamides is 1. The van der Waals surface area contributed by atoms with Crippen LogP contribution in [0.5, 0.6) is 0 Å². The number of rotatable bonds is 6. The van der Waals surface area contributed by atoms with E-state index in [1.807, 2.05) is 38.1 Å². The molecule has 0 atom stereocenters. The van der Waals surface area contributed by atoms with Gasteiger partial charge in [-0.2, -0.15) is 0 Å². The van der Waals surface area contributed by atoms with Crippen LogP contribution in [0.3, 0.4) is 0 Å². The number of hydrogen-bond donors (Lipinski definition) is 2. The van der Waals surface area contributed by atoms with Gasteiger partial charge in [-0.1, -0.05) is 55.2 Å². The number of benzene rings is 2. The van der Waals surface area contributed by atoms with Crippen LogP contribution in [0.2, 0.25) is 0 Å². The lowest BCUT2D eigenvalue weighted by molar-refractivity contribution is 0.0927. The minimum atomic E-state index is -3.70. The van der Waals surface area contributed by atoms with Gasteiger partial charge in [0.15, 0.2) is 0 Å². The molecule has 3 rings (SSSR count). The summed E-state index contributed by atoms with van der Waals surface area (Å²) >= 11 is 0. The van der Waals surface area contributed by atoms with E-state index in [1.54, 1.807) is 12.1 Å². The standard InChI is InChI=1S/C22H28N2O3S/c1-16-8-11-18(12-9-16)15-23-28(26,27)20-13-10-17(2)21(14-20)22(25)24-19-6-4-3-5-7-19/h8-14,19,23H,3-7,15H2,1-2H3,(H,24,25). The van der Waals surface area contributed by atoms with Gasteiger partial charge in [0.05, 0.1) is 4.90 Å². The summed E-state index contributed by atoms with van der Waals surface area (Å²) in [5, 5.41) is 3.06. The summed E-state index contributed by atoms with van der Waals surface area (Å²) in [6.07, 6.45) is 5.44. The number of carbonyl (C=O) groups excluding carboxylic acids is 1. The third kappa shape index (κ3) is 5.20. The Labute approximate surface area is 167 Å². The molecule has 1 fully saturated rings. The fraction of sp³-hybridized carbons (Fsp3) is 0.409. The Balaban J connectivity index is 1.73. The van der Waals surface area contributed by atoms with Gasteiger partial charge in [-0.15, -0.1) is 0 Å². The molecule has 5 nitrogen and oxygen atoms in total. The van der Waals surface area contributed by atoms with Crippen LogP contribution in [0, 0.1) is 13.8 Å². The van der Waals surface area contributed by atoms with Crippen molar-refractivity contribution < 1.29 is 13.2 Å². The number of carbonyl (C=O) groups is 1. The van der Waals surface area contributed by atoms with Crippen LogP contribution in [-0.2, 0) is 16.6 Å². The first-order chi connectivity index (χ1) is 13.3. The highest BCUT2D eigenvalue weighted by Crippen LogP contribution is 2.20. The van der Waals surface area contributed by atoms with Crippen LogP contribution >= 0.6 is 0 Å². The topological polar surface area (TPSA) is 75.3 Å². The Morgan fingerprint density at radius 2 is 1.68 bits per heavy atom. The van der Waals surface area contributed by atoms with Crippen LogP contribution < -0.4 is 10.0 Å². The lowest BCUT2D eigenvalue weighted by Crippen LogP contribution is -2.36. The number of aryl methyl sites for hydroxylation is 2. The van der Waals surface area contributed by atoms with E-state index < -0.39 is 10.0 Å². The highest BCUT2D eigenvalue weighted by molar-refractivity contribution is 7.89. The molecular weight excluding hydrogens is 372 g/mol. The van der Waals surface area contributed by atoms with Crippen LogP contribution in [0.15, 0.2) is 47.4 Å². The Morgan fingerprint density at radius 1 is 1.00 bits per heavy atom. The molecule has 0 unspecified atom stereocenters. The number of hydrogen-bond acceptors (Lipinski definition) is 3. The summed E-state index contributed by atoms with van der Waals surface area (Å²) in [6.45, 7) is 4.02. The van der Waals surface area contributed by atoms with E-state index in [9.17, 15) is 13.2 Å². The Morgan fingerprint density at radius 3 is 2.36 bits per heavy atom. The molecule has 1 aliphatic rings. The van der Waals surface area contributed by atoms with Crippen molar-refractivity contribution in [3.8, 4) is 0 Å². The molecule has 0 radical (unpaired) electrons. The SMILES string of the molecule is Cc1ccc(CNS(=O)(=O)c2ccc(C)c(C(=O)NC3CCCCC3)c2)cc1. The minimum absolute atomic E-state index is 0.110. The summed E-state index contributed by atoms with van der Waals surface area (Å²) in [5.41, 5.74) is 3.20. The Kier molecular flexibility index (Phi) is 6.52. The molecule has 6 heteroatoms. The van der Waals surface area contributed by atoms with Gasteiger partial charge in [0.1, 0.15) is 0 Å². The summed E-state index contributed by atoms with van der Waals surface area (Å²) in [7, 11) is -3.70. The molecule has 0 aromatic heterocycles. The first-order valence-corrected chi connectivity index (χ1v) is 11.3. The molecule has 0 bridgehead atoms. The van der Waals surface area contributed by atoms with Crippen molar-refractivity contribution >= 4 is 15.9 Å². The zero-order valence-corrected chi connectivity index (χ0v) is 17.3. The van der Waals surface area contributed by atoms with Crippen molar-refractivity contribution in [1.29, 1.82) is 0 Å². The zero-order valence-electron chi connectivity index (χ0n) is 16.5. The van der Waals surface area contributed by atoms with Crippen LogP contribution in [0.4, 0.5) is 0 Å². The van der Waals surface area contributed by atoms with Crippen molar-refractivity contribution in [1.82, 2.24) is 10.0 Å². The molecule has 2 N–H and O–H groups in total. The summed E-state index contributed by atoms with van der Waals surface area (Å²) < 4.78 is 28.0. The number of nitrogens with one attached hydrogen (secondary N) is 2. The molecule has 150 valence electrons. The molecule has 1 saturated carbocycles. The quantitative estimate of drug-likeness (QED) is 0.773. The minimum Gasteiger partial charge on any atom is -0.349 e. The lowest BCUT2D eigenvalue weighted by Gasteiger charge is -2.23. The van der Waals surface area contributed by atoms with E-state index in [0.717, 1.165) is 42.4 Å². The maximum absolute atomic E-state index is 12.7. The van der Waals surface area contributed by atoms with Crippen molar-refractivity contribution in [3.63, 3.8) is 0 Å². The molecule has 0 saturated heterocycles. The smallest absolute Gasteiger partial charge is 0.251 e. The first-order valence-electron chi connectivity index (χ1n) is 9.82. The van der Waals surface area contributed by atoms with Gasteiger partial charge < -0.3 is 5.32 Å². The Hall–Kier alpha value is -2.18. The van der Waals surface area contributed by atoms with E-state index in [2.05, 4.69) is 10.0 Å². The van der Waals surface area contributed by atoms with Crippen LogP contribution in [0.1, 0.15) is 59.2 Å². The monoisotopic (exact) mass is 400 g/mol. The van der Waals surface area contributed by atoms with Crippen LogP contribution in [-0.4, -0.2) is 20.4 Å². The second-order valence-corrected chi connectivity index (χ2v) is 9.36. The highest BCUT2D eigenvalue weighted by Gasteiger charge is 2.21. The van der Waals surface area contributed by atoms with Gasteiger partial charge in [-0.05, 0) is 49.9 Å². The van der Waals surface area contributed by atoms with Gasteiger partial charge in [-0.3, -0.25) is 4.79 Å². The maximum Gasteiger partial charge on any atom is 0.251 e. The summed E-state index contributed by atoms with van der Waals surface area (Å²) in [6, 6.07) is 12.6. The van der Waals surface area contributed by atoms with Gasteiger partial charge in [0.25, 0.3) is 5.91 Å². The largest absolute Gasteiger partial charge is 0.349 e. The highest BCUT2D eigenvalue weighted by atomic mass is 32.2. The van der Waals surface area contributed by atoms with E-state index in [1.165, 1.54) is 12.5 Å². The van der Waals surface area contributed by atoms with Gasteiger partial charge in [0, 0.05) is 18.2 Å². The fourth-order valence-electron chi connectivity index (χ4n) is 3.49. The molecule has 0 spiro atoms. The summed E-state index contributed by atoms with van der Waals surface area (Å²) in [5.74, 6) is -0.194. The van der Waals surface area contributed by atoms with Gasteiger partial charge in [0.2, 0.25) is 10.0 Å². The van der Waals surface area contributed by atoms with Gasteiger partial charge in [-0.25, -0.2) is 13.1 Å². The normalized spacial score (nSPS) is 15.4. The Bertz CT molecular complexity index is 931. The van der Waals surface area contributed by atoms with Crippen molar-refractivity contribution in [2.24, 2.45) is 0 Å². The van der Waals surface area contributed by atoms with E-state index in [4.69, 9.17) is 0 Å². The predicted molar refractivity (Wildman–Crippen MR) is 111 cm³/mol. The maximum atomic E-state index is 12.7.